The first-order chi connectivity index (χ1) is 13.2. The zero-order valence-corrected chi connectivity index (χ0v) is 15.8. The molecular formula is C21H24N6. The van der Waals surface area contributed by atoms with Gasteiger partial charge in [-0.05, 0) is 55.3 Å². The molecule has 1 aliphatic rings. The van der Waals surface area contributed by atoms with Crippen LogP contribution >= 0.6 is 0 Å². The normalized spacial score (nSPS) is 14.3. The predicted molar refractivity (Wildman–Crippen MR) is 110 cm³/mol. The molecule has 0 radical (unpaired) electrons. The number of aromatic nitrogens is 3. The lowest BCUT2D eigenvalue weighted by Crippen LogP contribution is -2.47. The van der Waals surface area contributed by atoms with Gasteiger partial charge >= 0.3 is 0 Å². The van der Waals surface area contributed by atoms with Crippen LogP contribution in [-0.4, -0.2) is 41.1 Å². The SMILES string of the molecule is Cc1ccc(Nc2nccc(N3CCN(c4ccccn4)CC3)n2)cc1C. The smallest absolute Gasteiger partial charge is 0.229 e. The van der Waals surface area contributed by atoms with Gasteiger partial charge in [-0.3, -0.25) is 0 Å². The summed E-state index contributed by atoms with van der Waals surface area (Å²) in [7, 11) is 0. The van der Waals surface area contributed by atoms with E-state index in [0.29, 0.717) is 5.95 Å². The summed E-state index contributed by atoms with van der Waals surface area (Å²) < 4.78 is 0. The van der Waals surface area contributed by atoms with E-state index >= 15 is 0 Å². The van der Waals surface area contributed by atoms with E-state index in [9.17, 15) is 0 Å². The largest absolute Gasteiger partial charge is 0.353 e. The zero-order valence-electron chi connectivity index (χ0n) is 15.8. The molecule has 0 saturated carbocycles. The topological polar surface area (TPSA) is 57.2 Å². The second kappa shape index (κ2) is 7.61. The maximum absolute atomic E-state index is 4.71. The van der Waals surface area contributed by atoms with Crippen molar-refractivity contribution >= 4 is 23.3 Å². The van der Waals surface area contributed by atoms with E-state index in [0.717, 1.165) is 43.5 Å². The maximum Gasteiger partial charge on any atom is 0.229 e. The number of rotatable bonds is 4. The lowest BCUT2D eigenvalue weighted by atomic mass is 10.1. The molecule has 1 aromatic carbocycles. The van der Waals surface area contributed by atoms with Gasteiger partial charge in [0.15, 0.2) is 0 Å². The monoisotopic (exact) mass is 360 g/mol. The van der Waals surface area contributed by atoms with Gasteiger partial charge in [0, 0.05) is 44.3 Å². The summed E-state index contributed by atoms with van der Waals surface area (Å²) in [6.07, 6.45) is 3.66. The number of nitrogens with one attached hydrogen (secondary N) is 1. The summed E-state index contributed by atoms with van der Waals surface area (Å²) in [5, 5.41) is 3.32. The van der Waals surface area contributed by atoms with Crippen LogP contribution in [0.25, 0.3) is 0 Å². The van der Waals surface area contributed by atoms with E-state index in [4.69, 9.17) is 4.98 Å². The number of benzene rings is 1. The van der Waals surface area contributed by atoms with Crippen molar-refractivity contribution < 1.29 is 0 Å². The molecule has 0 atom stereocenters. The molecule has 0 bridgehead atoms. The zero-order chi connectivity index (χ0) is 18.6. The molecule has 1 saturated heterocycles. The first kappa shape index (κ1) is 17.3. The fraction of sp³-hybridized carbons (Fsp3) is 0.286. The number of anilines is 4. The maximum atomic E-state index is 4.71. The van der Waals surface area contributed by atoms with Crippen LogP contribution in [0.15, 0.2) is 54.9 Å². The van der Waals surface area contributed by atoms with Gasteiger partial charge in [0.05, 0.1) is 0 Å². The first-order valence-corrected chi connectivity index (χ1v) is 9.27. The molecule has 3 heterocycles. The molecule has 0 amide bonds. The fourth-order valence-corrected chi connectivity index (χ4v) is 3.24. The van der Waals surface area contributed by atoms with Crippen molar-refractivity contribution in [3.05, 3.63) is 66.0 Å². The minimum Gasteiger partial charge on any atom is -0.353 e. The molecule has 1 aliphatic heterocycles. The Morgan fingerprint density at radius 3 is 2.26 bits per heavy atom. The molecular weight excluding hydrogens is 336 g/mol. The Bertz CT molecular complexity index is 904. The van der Waals surface area contributed by atoms with Crippen LogP contribution in [0.4, 0.5) is 23.3 Å². The van der Waals surface area contributed by atoms with Crippen molar-refractivity contribution in [1.82, 2.24) is 15.0 Å². The van der Waals surface area contributed by atoms with Gasteiger partial charge in [-0.1, -0.05) is 12.1 Å². The highest BCUT2D eigenvalue weighted by molar-refractivity contribution is 5.57. The summed E-state index contributed by atoms with van der Waals surface area (Å²) in [6, 6.07) is 14.3. The average molecular weight is 360 g/mol. The quantitative estimate of drug-likeness (QED) is 0.768. The summed E-state index contributed by atoms with van der Waals surface area (Å²) in [5.74, 6) is 2.62. The van der Waals surface area contributed by atoms with Crippen LogP contribution in [-0.2, 0) is 0 Å². The first-order valence-electron chi connectivity index (χ1n) is 9.27. The average Bonchev–Trinajstić information content (AvgIpc) is 2.72. The van der Waals surface area contributed by atoms with Crippen molar-refractivity contribution in [3.8, 4) is 0 Å². The highest BCUT2D eigenvalue weighted by atomic mass is 15.3. The molecule has 3 aromatic rings. The number of hydrogen-bond donors (Lipinski definition) is 1. The van der Waals surface area contributed by atoms with E-state index in [1.165, 1.54) is 11.1 Å². The Hall–Kier alpha value is -3.15. The van der Waals surface area contributed by atoms with Gasteiger partial charge in [-0.15, -0.1) is 0 Å². The molecule has 6 heteroatoms. The van der Waals surface area contributed by atoms with E-state index in [1.807, 2.05) is 30.6 Å². The van der Waals surface area contributed by atoms with Crippen LogP contribution in [0.1, 0.15) is 11.1 Å². The van der Waals surface area contributed by atoms with Gasteiger partial charge in [0.1, 0.15) is 11.6 Å². The van der Waals surface area contributed by atoms with Gasteiger partial charge in [0.25, 0.3) is 0 Å². The third-order valence-electron chi connectivity index (χ3n) is 4.98. The molecule has 1 N–H and O–H groups in total. The fourth-order valence-electron chi connectivity index (χ4n) is 3.24. The summed E-state index contributed by atoms with van der Waals surface area (Å²) >= 11 is 0. The molecule has 4 rings (SSSR count). The Morgan fingerprint density at radius 2 is 1.56 bits per heavy atom. The molecule has 0 unspecified atom stereocenters. The van der Waals surface area contributed by atoms with Crippen molar-refractivity contribution in [1.29, 1.82) is 0 Å². The summed E-state index contributed by atoms with van der Waals surface area (Å²) in [4.78, 5) is 18.1. The van der Waals surface area contributed by atoms with Crippen molar-refractivity contribution in [2.45, 2.75) is 13.8 Å². The Kier molecular flexibility index (Phi) is 4.87. The van der Waals surface area contributed by atoms with Crippen molar-refractivity contribution in [2.75, 3.05) is 41.3 Å². The Balaban J connectivity index is 1.43. The van der Waals surface area contributed by atoms with Gasteiger partial charge in [-0.2, -0.15) is 4.98 Å². The van der Waals surface area contributed by atoms with Crippen molar-refractivity contribution in [2.24, 2.45) is 0 Å². The summed E-state index contributed by atoms with van der Waals surface area (Å²) in [6.45, 7) is 7.91. The molecule has 6 nitrogen and oxygen atoms in total. The minimum absolute atomic E-state index is 0.628. The van der Waals surface area contributed by atoms with Crippen molar-refractivity contribution in [3.63, 3.8) is 0 Å². The van der Waals surface area contributed by atoms with E-state index in [2.05, 4.69) is 63.2 Å². The third kappa shape index (κ3) is 4.00. The predicted octanol–water partition coefficient (Wildman–Crippen LogP) is 3.56. The number of piperazine rings is 1. The lowest BCUT2D eigenvalue weighted by molar-refractivity contribution is 0.641. The van der Waals surface area contributed by atoms with Gasteiger partial charge in [-0.25, -0.2) is 9.97 Å². The van der Waals surface area contributed by atoms with E-state index in [-0.39, 0.29) is 0 Å². The summed E-state index contributed by atoms with van der Waals surface area (Å²) in [5.41, 5.74) is 3.54. The highest BCUT2D eigenvalue weighted by Gasteiger charge is 2.19. The standard InChI is InChI=1S/C21H24N6/c1-16-6-7-18(15-17(16)2)24-21-23-10-8-20(25-21)27-13-11-26(12-14-27)19-5-3-4-9-22-19/h3-10,15H,11-14H2,1-2H3,(H,23,24,25). The molecule has 1 fully saturated rings. The Morgan fingerprint density at radius 1 is 0.778 bits per heavy atom. The number of hydrogen-bond acceptors (Lipinski definition) is 6. The van der Waals surface area contributed by atoms with E-state index < -0.39 is 0 Å². The molecule has 2 aromatic heterocycles. The molecule has 138 valence electrons. The number of aryl methyl sites for hydroxylation is 2. The van der Waals surface area contributed by atoms with Crippen LogP contribution < -0.4 is 15.1 Å². The van der Waals surface area contributed by atoms with Gasteiger partial charge < -0.3 is 15.1 Å². The minimum atomic E-state index is 0.628. The van der Waals surface area contributed by atoms with Crippen LogP contribution in [0, 0.1) is 13.8 Å². The van der Waals surface area contributed by atoms with Gasteiger partial charge in [0.2, 0.25) is 5.95 Å². The van der Waals surface area contributed by atoms with Crippen LogP contribution in [0.2, 0.25) is 0 Å². The third-order valence-corrected chi connectivity index (χ3v) is 4.98. The van der Waals surface area contributed by atoms with E-state index in [1.54, 1.807) is 0 Å². The molecule has 0 aliphatic carbocycles. The lowest BCUT2D eigenvalue weighted by Gasteiger charge is -2.36. The molecule has 27 heavy (non-hydrogen) atoms. The number of pyridine rings is 1. The second-order valence-electron chi connectivity index (χ2n) is 6.82. The Labute approximate surface area is 159 Å². The molecule has 0 spiro atoms. The number of nitrogens with zero attached hydrogens (tertiary/aromatic N) is 5. The second-order valence-corrected chi connectivity index (χ2v) is 6.82. The van der Waals surface area contributed by atoms with Crippen LogP contribution in [0.3, 0.4) is 0 Å². The van der Waals surface area contributed by atoms with Crippen LogP contribution in [0.5, 0.6) is 0 Å². The highest BCUT2D eigenvalue weighted by Crippen LogP contribution is 2.21.